The minimum atomic E-state index is -0.204. The number of nitrogens with zero attached hydrogens (tertiary/aromatic N) is 2. The van der Waals surface area contributed by atoms with E-state index in [2.05, 4.69) is 5.32 Å². The highest BCUT2D eigenvalue weighted by molar-refractivity contribution is 5.80. The molecular formula is C21H25N3O3. The molecule has 1 heterocycles. The lowest BCUT2D eigenvalue weighted by molar-refractivity contribution is -0.121. The molecule has 0 radical (unpaired) electrons. The van der Waals surface area contributed by atoms with Crippen LogP contribution in [0, 0.1) is 6.92 Å². The van der Waals surface area contributed by atoms with E-state index in [1.54, 1.807) is 4.57 Å². The largest absolute Gasteiger partial charge is 0.492 e. The van der Waals surface area contributed by atoms with E-state index < -0.39 is 0 Å². The second-order valence-electron chi connectivity index (χ2n) is 6.52. The van der Waals surface area contributed by atoms with Gasteiger partial charge in [0.2, 0.25) is 5.91 Å². The van der Waals surface area contributed by atoms with Gasteiger partial charge in [-0.05, 0) is 43.2 Å². The summed E-state index contributed by atoms with van der Waals surface area (Å²) in [6.45, 7) is 5.43. The molecule has 0 aliphatic carbocycles. The molecule has 0 fully saturated rings. The number of amides is 1. The van der Waals surface area contributed by atoms with E-state index in [9.17, 15) is 9.59 Å². The summed E-state index contributed by atoms with van der Waals surface area (Å²) in [6, 6.07) is 15.3. The third-order valence-electron chi connectivity index (χ3n) is 4.36. The van der Waals surface area contributed by atoms with Crippen LogP contribution in [0.3, 0.4) is 0 Å². The molecular weight excluding hydrogens is 342 g/mol. The Morgan fingerprint density at radius 1 is 1.07 bits per heavy atom. The van der Waals surface area contributed by atoms with Gasteiger partial charge in [0.25, 0.3) is 0 Å². The Morgan fingerprint density at radius 3 is 2.52 bits per heavy atom. The van der Waals surface area contributed by atoms with Crippen LogP contribution in [0.2, 0.25) is 0 Å². The SMILES string of the molecule is CCCn1c(=O)n(CC(=O)NCCOc2cccc(C)c2)c2ccccc21. The van der Waals surface area contributed by atoms with Crippen LogP contribution in [0.5, 0.6) is 5.75 Å². The number of hydrogen-bond donors (Lipinski definition) is 1. The highest BCUT2D eigenvalue weighted by atomic mass is 16.5. The summed E-state index contributed by atoms with van der Waals surface area (Å²) in [6.07, 6.45) is 0.858. The number of hydrogen-bond acceptors (Lipinski definition) is 3. The fourth-order valence-corrected chi connectivity index (χ4v) is 3.13. The maximum atomic E-state index is 12.7. The smallest absolute Gasteiger partial charge is 0.329 e. The second kappa shape index (κ2) is 8.58. The van der Waals surface area contributed by atoms with Crippen LogP contribution in [-0.4, -0.2) is 28.2 Å². The number of carbonyl (C=O) groups excluding carboxylic acids is 1. The highest BCUT2D eigenvalue weighted by Crippen LogP contribution is 2.13. The normalized spacial score (nSPS) is 10.9. The third-order valence-corrected chi connectivity index (χ3v) is 4.36. The van der Waals surface area contributed by atoms with Gasteiger partial charge in [-0.25, -0.2) is 4.79 Å². The molecule has 0 saturated carbocycles. The number of benzene rings is 2. The van der Waals surface area contributed by atoms with Gasteiger partial charge in [0, 0.05) is 6.54 Å². The van der Waals surface area contributed by atoms with Crippen molar-refractivity contribution in [3.63, 3.8) is 0 Å². The number of aromatic nitrogens is 2. The van der Waals surface area contributed by atoms with Crippen LogP contribution in [-0.2, 0) is 17.9 Å². The van der Waals surface area contributed by atoms with Crippen molar-refractivity contribution in [1.82, 2.24) is 14.5 Å². The van der Waals surface area contributed by atoms with E-state index in [0.717, 1.165) is 28.8 Å². The number of rotatable bonds is 8. The van der Waals surface area contributed by atoms with Crippen molar-refractivity contribution >= 4 is 16.9 Å². The molecule has 142 valence electrons. The predicted octanol–water partition coefficient (Wildman–Crippen LogP) is 2.72. The molecule has 1 N–H and O–H groups in total. The van der Waals surface area contributed by atoms with Gasteiger partial charge in [0.1, 0.15) is 18.9 Å². The van der Waals surface area contributed by atoms with Crippen molar-refractivity contribution < 1.29 is 9.53 Å². The molecule has 0 bridgehead atoms. The molecule has 1 aromatic heterocycles. The molecule has 0 unspecified atom stereocenters. The van der Waals surface area contributed by atoms with Crippen LogP contribution < -0.4 is 15.7 Å². The lowest BCUT2D eigenvalue weighted by Crippen LogP contribution is -2.35. The van der Waals surface area contributed by atoms with Gasteiger partial charge < -0.3 is 10.1 Å². The first-order valence-corrected chi connectivity index (χ1v) is 9.24. The standard InChI is InChI=1S/C21H25N3O3/c1-3-12-23-18-9-4-5-10-19(18)24(21(23)26)15-20(25)22-11-13-27-17-8-6-7-16(2)14-17/h4-10,14H,3,11-13,15H2,1-2H3,(H,22,25). The van der Waals surface area contributed by atoms with E-state index in [1.165, 1.54) is 4.57 Å². The maximum absolute atomic E-state index is 12.7. The summed E-state index contributed by atoms with van der Waals surface area (Å²) in [4.78, 5) is 25.0. The van der Waals surface area contributed by atoms with Crippen LogP contribution in [0.15, 0.2) is 53.3 Å². The topological polar surface area (TPSA) is 65.3 Å². The van der Waals surface area contributed by atoms with Crippen LogP contribution >= 0.6 is 0 Å². The number of imidazole rings is 1. The zero-order valence-electron chi connectivity index (χ0n) is 15.8. The molecule has 0 saturated heterocycles. The fourth-order valence-electron chi connectivity index (χ4n) is 3.13. The Kier molecular flexibility index (Phi) is 5.96. The van der Waals surface area contributed by atoms with Gasteiger partial charge in [-0.15, -0.1) is 0 Å². The molecule has 0 aliphatic rings. The van der Waals surface area contributed by atoms with Gasteiger partial charge in [0.15, 0.2) is 0 Å². The quantitative estimate of drug-likeness (QED) is 0.623. The Hall–Kier alpha value is -3.02. The van der Waals surface area contributed by atoms with E-state index in [4.69, 9.17) is 4.74 Å². The number of carbonyl (C=O) groups is 1. The van der Waals surface area contributed by atoms with E-state index in [-0.39, 0.29) is 18.1 Å². The minimum Gasteiger partial charge on any atom is -0.492 e. The van der Waals surface area contributed by atoms with Gasteiger partial charge in [-0.3, -0.25) is 13.9 Å². The summed E-state index contributed by atoms with van der Waals surface area (Å²) in [7, 11) is 0. The molecule has 0 spiro atoms. The number of aryl methyl sites for hydroxylation is 2. The molecule has 6 nitrogen and oxygen atoms in total. The fraction of sp³-hybridized carbons (Fsp3) is 0.333. The summed E-state index contributed by atoms with van der Waals surface area (Å²) >= 11 is 0. The van der Waals surface area contributed by atoms with E-state index in [1.807, 2.05) is 62.4 Å². The van der Waals surface area contributed by atoms with E-state index in [0.29, 0.717) is 19.7 Å². The number of nitrogens with one attached hydrogen (secondary N) is 1. The Morgan fingerprint density at radius 2 is 1.81 bits per heavy atom. The summed E-state index contributed by atoms with van der Waals surface area (Å²) in [5, 5.41) is 2.82. The Balaban J connectivity index is 1.61. The number of fused-ring (bicyclic) bond motifs is 1. The number of ether oxygens (including phenoxy) is 1. The van der Waals surface area contributed by atoms with Gasteiger partial charge in [-0.2, -0.15) is 0 Å². The van der Waals surface area contributed by atoms with Crippen molar-refractivity contribution in [2.75, 3.05) is 13.2 Å². The van der Waals surface area contributed by atoms with Crippen molar-refractivity contribution in [3.05, 3.63) is 64.6 Å². The van der Waals surface area contributed by atoms with Gasteiger partial charge in [0.05, 0.1) is 17.6 Å². The zero-order chi connectivity index (χ0) is 19.2. The Bertz CT molecular complexity index is 988. The molecule has 6 heteroatoms. The van der Waals surface area contributed by atoms with E-state index >= 15 is 0 Å². The van der Waals surface area contributed by atoms with Crippen molar-refractivity contribution in [1.29, 1.82) is 0 Å². The molecule has 0 atom stereocenters. The molecule has 2 aromatic carbocycles. The highest BCUT2D eigenvalue weighted by Gasteiger charge is 2.14. The molecule has 3 rings (SSSR count). The van der Waals surface area contributed by atoms with Crippen molar-refractivity contribution in [3.8, 4) is 5.75 Å². The van der Waals surface area contributed by atoms with Crippen LogP contribution in [0.25, 0.3) is 11.0 Å². The lowest BCUT2D eigenvalue weighted by Gasteiger charge is -2.09. The zero-order valence-corrected chi connectivity index (χ0v) is 15.8. The summed E-state index contributed by atoms with van der Waals surface area (Å²) < 4.78 is 8.89. The molecule has 3 aromatic rings. The number of para-hydroxylation sites is 2. The summed E-state index contributed by atoms with van der Waals surface area (Å²) in [5.74, 6) is 0.576. The first-order chi connectivity index (χ1) is 13.1. The van der Waals surface area contributed by atoms with Gasteiger partial charge in [-0.1, -0.05) is 31.2 Å². The monoisotopic (exact) mass is 367 g/mol. The van der Waals surface area contributed by atoms with Gasteiger partial charge >= 0.3 is 5.69 Å². The molecule has 1 amide bonds. The first-order valence-electron chi connectivity index (χ1n) is 9.24. The summed E-state index contributed by atoms with van der Waals surface area (Å²) in [5.41, 5.74) is 2.62. The average Bonchev–Trinajstić information content (AvgIpc) is 2.92. The van der Waals surface area contributed by atoms with Crippen molar-refractivity contribution in [2.24, 2.45) is 0 Å². The third kappa shape index (κ3) is 4.39. The molecule has 0 aliphatic heterocycles. The Labute approximate surface area is 158 Å². The lowest BCUT2D eigenvalue weighted by atomic mass is 10.2. The van der Waals surface area contributed by atoms with Crippen LogP contribution in [0.1, 0.15) is 18.9 Å². The predicted molar refractivity (Wildman–Crippen MR) is 106 cm³/mol. The molecule has 27 heavy (non-hydrogen) atoms. The minimum absolute atomic E-state index is 0.000502. The van der Waals surface area contributed by atoms with Crippen LogP contribution in [0.4, 0.5) is 0 Å². The maximum Gasteiger partial charge on any atom is 0.329 e. The average molecular weight is 367 g/mol. The first kappa shape index (κ1) is 18.8. The van der Waals surface area contributed by atoms with Crippen molar-refractivity contribution in [2.45, 2.75) is 33.4 Å². The second-order valence-corrected chi connectivity index (χ2v) is 6.52.